The van der Waals surface area contributed by atoms with Crippen molar-refractivity contribution in [3.05, 3.63) is 58.7 Å². The topological polar surface area (TPSA) is 99.7 Å². The fraction of sp³-hybridized carbons (Fsp3) is 0.300. The number of benzene rings is 2. The van der Waals surface area contributed by atoms with Gasteiger partial charge in [0.15, 0.2) is 0 Å². The Labute approximate surface area is 150 Å². The van der Waals surface area contributed by atoms with Crippen LogP contribution in [-0.4, -0.2) is 47.6 Å². The molecule has 2 saturated heterocycles. The van der Waals surface area contributed by atoms with Crippen LogP contribution in [0.5, 0.6) is 0 Å². The summed E-state index contributed by atoms with van der Waals surface area (Å²) in [5.74, 6) is -2.24. The molecule has 2 aliphatic heterocycles. The Morgan fingerprint density at radius 2 is 1.50 bits per heavy atom. The molecule has 2 fully saturated rings. The normalized spacial score (nSPS) is 20.6. The highest BCUT2D eigenvalue weighted by Gasteiger charge is 2.34. The van der Waals surface area contributed by atoms with Crippen molar-refractivity contribution in [2.24, 2.45) is 0 Å². The second-order valence-corrected chi connectivity index (χ2v) is 6.60. The molecule has 6 heteroatoms. The van der Waals surface area contributed by atoms with Gasteiger partial charge in [-0.25, -0.2) is 9.59 Å². The number of carboxylic acid groups (broad SMARTS) is 2. The van der Waals surface area contributed by atoms with Crippen LogP contribution < -0.4 is 0 Å². The lowest BCUT2D eigenvalue weighted by Crippen LogP contribution is -2.17. The summed E-state index contributed by atoms with van der Waals surface area (Å²) in [4.78, 5) is 24.0. The molecule has 4 rings (SSSR count). The monoisotopic (exact) mass is 354 g/mol. The van der Waals surface area contributed by atoms with E-state index in [1.807, 2.05) is 30.3 Å². The number of hydrogen-bond acceptors (Lipinski definition) is 4. The number of rotatable bonds is 7. The Morgan fingerprint density at radius 3 is 2.00 bits per heavy atom. The molecule has 26 heavy (non-hydrogen) atoms. The lowest BCUT2D eigenvalue weighted by atomic mass is 9.84. The molecule has 2 aromatic rings. The molecule has 0 aliphatic carbocycles. The van der Waals surface area contributed by atoms with Gasteiger partial charge < -0.3 is 19.7 Å². The Morgan fingerprint density at radius 1 is 0.923 bits per heavy atom. The Kier molecular flexibility index (Phi) is 4.22. The molecule has 6 nitrogen and oxygen atoms in total. The molecular weight excluding hydrogens is 336 g/mol. The predicted molar refractivity (Wildman–Crippen MR) is 92.7 cm³/mol. The van der Waals surface area contributed by atoms with Gasteiger partial charge in [0, 0.05) is 12.8 Å². The van der Waals surface area contributed by atoms with Crippen molar-refractivity contribution in [1.82, 2.24) is 0 Å². The highest BCUT2D eigenvalue weighted by Crippen LogP contribution is 2.36. The molecule has 2 aliphatic rings. The Balaban J connectivity index is 1.97. The summed E-state index contributed by atoms with van der Waals surface area (Å²) in [7, 11) is 0. The van der Waals surface area contributed by atoms with Crippen molar-refractivity contribution in [2.45, 2.75) is 25.0 Å². The number of hydrogen-bond donors (Lipinski definition) is 2. The highest BCUT2D eigenvalue weighted by atomic mass is 16.6. The van der Waals surface area contributed by atoms with Gasteiger partial charge in [0.05, 0.1) is 36.5 Å². The van der Waals surface area contributed by atoms with Crippen LogP contribution in [0.1, 0.15) is 31.8 Å². The van der Waals surface area contributed by atoms with E-state index < -0.39 is 11.9 Å². The quantitative estimate of drug-likeness (QED) is 0.742. The molecule has 134 valence electrons. The first-order valence-electron chi connectivity index (χ1n) is 8.48. The molecule has 0 radical (unpaired) electrons. The van der Waals surface area contributed by atoms with E-state index >= 15 is 0 Å². The molecule has 2 atom stereocenters. The van der Waals surface area contributed by atoms with Crippen molar-refractivity contribution >= 4 is 11.9 Å². The summed E-state index contributed by atoms with van der Waals surface area (Å²) in [6.07, 6.45) is 0.608. The zero-order valence-electron chi connectivity index (χ0n) is 14.0. The average Bonchev–Trinajstić information content (AvgIpc) is 3.51. The van der Waals surface area contributed by atoms with Crippen LogP contribution in [0, 0.1) is 0 Å². The van der Waals surface area contributed by atoms with E-state index in [9.17, 15) is 19.8 Å². The van der Waals surface area contributed by atoms with E-state index in [2.05, 4.69) is 0 Å². The minimum atomic E-state index is -1.13. The number of carbonyl (C=O) groups is 2. The molecule has 0 bridgehead atoms. The molecule has 0 aromatic heterocycles. The van der Waals surface area contributed by atoms with E-state index in [4.69, 9.17) is 9.47 Å². The van der Waals surface area contributed by atoms with Crippen molar-refractivity contribution in [3.63, 3.8) is 0 Å². The van der Waals surface area contributed by atoms with Crippen molar-refractivity contribution < 1.29 is 29.3 Å². The van der Waals surface area contributed by atoms with Crippen LogP contribution >= 0.6 is 0 Å². The maximum Gasteiger partial charge on any atom is 0.336 e. The van der Waals surface area contributed by atoms with E-state index in [0.29, 0.717) is 36.3 Å². The van der Waals surface area contributed by atoms with E-state index in [1.165, 1.54) is 0 Å². The third-order valence-electron chi connectivity index (χ3n) is 4.74. The summed E-state index contributed by atoms with van der Waals surface area (Å²) in [5.41, 5.74) is 2.50. The molecule has 2 heterocycles. The third kappa shape index (κ3) is 3.34. The van der Waals surface area contributed by atoms with Crippen LogP contribution in [0.4, 0.5) is 0 Å². The fourth-order valence-electron chi connectivity index (χ4n) is 3.35. The predicted octanol–water partition coefficient (Wildman–Crippen LogP) is 2.63. The van der Waals surface area contributed by atoms with Gasteiger partial charge >= 0.3 is 11.9 Å². The Bertz CT molecular complexity index is 866. The minimum absolute atomic E-state index is 0.0173. The summed E-state index contributed by atoms with van der Waals surface area (Å²) in [6.45, 7) is 1.12. The van der Waals surface area contributed by atoms with Gasteiger partial charge in [-0.2, -0.15) is 0 Å². The largest absolute Gasteiger partial charge is 0.478 e. The van der Waals surface area contributed by atoms with Gasteiger partial charge in [-0.3, -0.25) is 0 Å². The number of aromatic carboxylic acids is 2. The Hall–Kier alpha value is -2.70. The van der Waals surface area contributed by atoms with Gasteiger partial charge in [-0.05, 0) is 28.3 Å². The van der Waals surface area contributed by atoms with E-state index in [0.717, 1.165) is 5.56 Å². The van der Waals surface area contributed by atoms with Crippen LogP contribution in [0.15, 0.2) is 36.4 Å². The number of carboxylic acids is 2. The zero-order valence-corrected chi connectivity index (χ0v) is 14.0. The molecule has 2 unspecified atom stereocenters. The highest BCUT2D eigenvalue weighted by molar-refractivity contribution is 6.00. The summed E-state index contributed by atoms with van der Waals surface area (Å²) in [6, 6.07) is 10.9. The van der Waals surface area contributed by atoms with Gasteiger partial charge in [0.25, 0.3) is 0 Å². The SMILES string of the molecule is O=C(O)c1cc(-c2ccccc2)c(CC2CO2)c(C(=O)O)c1CC1CO1. The maximum absolute atomic E-state index is 12.1. The van der Waals surface area contributed by atoms with E-state index in [-0.39, 0.29) is 29.8 Å². The molecule has 0 spiro atoms. The van der Waals surface area contributed by atoms with E-state index in [1.54, 1.807) is 6.07 Å². The number of ether oxygens (including phenoxy) is 2. The third-order valence-corrected chi connectivity index (χ3v) is 4.74. The molecule has 0 amide bonds. The van der Waals surface area contributed by atoms with Crippen LogP contribution in [-0.2, 0) is 22.3 Å². The molecule has 2 aromatic carbocycles. The minimum Gasteiger partial charge on any atom is -0.478 e. The first kappa shape index (κ1) is 16.8. The second-order valence-electron chi connectivity index (χ2n) is 6.60. The van der Waals surface area contributed by atoms with Crippen LogP contribution in [0.3, 0.4) is 0 Å². The van der Waals surface area contributed by atoms with Crippen LogP contribution in [0.25, 0.3) is 11.1 Å². The average molecular weight is 354 g/mol. The van der Waals surface area contributed by atoms with Gasteiger partial charge in [-0.1, -0.05) is 30.3 Å². The first-order chi connectivity index (χ1) is 12.5. The lowest BCUT2D eigenvalue weighted by Gasteiger charge is -2.18. The van der Waals surface area contributed by atoms with Gasteiger partial charge in [0.1, 0.15) is 0 Å². The summed E-state index contributed by atoms with van der Waals surface area (Å²) in [5, 5.41) is 19.6. The first-order valence-corrected chi connectivity index (χ1v) is 8.48. The van der Waals surface area contributed by atoms with Crippen LogP contribution in [0.2, 0.25) is 0 Å². The standard InChI is InChI=1S/C20H18O6/c21-19(22)17-8-14(11-4-2-1-3-5-11)15(6-12-9-25-12)18(20(23)24)16(17)7-13-10-26-13/h1-5,8,12-13H,6-7,9-10H2,(H,21,22)(H,23,24). The van der Waals surface area contributed by atoms with Crippen molar-refractivity contribution in [2.75, 3.05) is 13.2 Å². The number of epoxide rings is 2. The zero-order chi connectivity index (χ0) is 18.3. The lowest BCUT2D eigenvalue weighted by molar-refractivity contribution is 0.0694. The van der Waals surface area contributed by atoms with Gasteiger partial charge in [0.2, 0.25) is 0 Å². The fourth-order valence-corrected chi connectivity index (χ4v) is 3.35. The molecule has 2 N–H and O–H groups in total. The summed E-state index contributed by atoms with van der Waals surface area (Å²) < 4.78 is 10.5. The molecular formula is C20H18O6. The van der Waals surface area contributed by atoms with Crippen molar-refractivity contribution in [3.8, 4) is 11.1 Å². The van der Waals surface area contributed by atoms with Gasteiger partial charge in [-0.15, -0.1) is 0 Å². The second kappa shape index (κ2) is 6.55. The summed E-state index contributed by atoms with van der Waals surface area (Å²) >= 11 is 0. The molecule has 0 saturated carbocycles. The van der Waals surface area contributed by atoms with Crippen molar-refractivity contribution in [1.29, 1.82) is 0 Å². The smallest absolute Gasteiger partial charge is 0.336 e. The maximum atomic E-state index is 12.1.